The number of nitrogens with zero attached hydrogens (tertiary/aromatic N) is 3. The van der Waals surface area contributed by atoms with E-state index in [4.69, 9.17) is 23.8 Å². The minimum Gasteiger partial charge on any atom is -0.250 e. The van der Waals surface area contributed by atoms with E-state index in [2.05, 4.69) is 39.6 Å². The highest BCUT2D eigenvalue weighted by molar-refractivity contribution is 7.71. The van der Waals surface area contributed by atoms with Gasteiger partial charge in [0.1, 0.15) is 0 Å². The van der Waals surface area contributed by atoms with Gasteiger partial charge in [-0.2, -0.15) is 14.9 Å². The van der Waals surface area contributed by atoms with Gasteiger partial charge in [-0.05, 0) is 46.8 Å². The first-order chi connectivity index (χ1) is 12.2. The lowest BCUT2D eigenvalue weighted by molar-refractivity contribution is 0.871. The van der Waals surface area contributed by atoms with Gasteiger partial charge in [0, 0.05) is 10.6 Å². The molecule has 0 aliphatic heterocycles. The van der Waals surface area contributed by atoms with Crippen molar-refractivity contribution in [3.63, 3.8) is 0 Å². The van der Waals surface area contributed by atoms with Crippen LogP contribution in [0, 0.1) is 4.77 Å². The van der Waals surface area contributed by atoms with Crippen LogP contribution >= 0.6 is 23.8 Å². The first-order valence-corrected chi connectivity index (χ1v) is 8.46. The number of nitrogens with one attached hydrogen (secondary N) is 1. The summed E-state index contributed by atoms with van der Waals surface area (Å²) in [6, 6.07) is 21.8. The molecule has 0 spiro atoms. The average molecular weight is 365 g/mol. The van der Waals surface area contributed by atoms with E-state index in [1.165, 1.54) is 5.39 Å². The summed E-state index contributed by atoms with van der Waals surface area (Å²) < 4.78 is 2.02. The topological polar surface area (TPSA) is 46.0 Å². The van der Waals surface area contributed by atoms with E-state index in [1.54, 1.807) is 10.9 Å². The molecule has 0 amide bonds. The molecule has 0 bridgehead atoms. The third kappa shape index (κ3) is 3.24. The Bertz CT molecular complexity index is 1140. The summed E-state index contributed by atoms with van der Waals surface area (Å²) in [4.78, 5) is 0. The van der Waals surface area contributed by atoms with Crippen LogP contribution < -0.4 is 0 Å². The molecule has 3 aromatic carbocycles. The summed E-state index contributed by atoms with van der Waals surface area (Å²) in [6.45, 7) is 0. The largest absolute Gasteiger partial charge is 0.250 e. The summed E-state index contributed by atoms with van der Waals surface area (Å²) >= 11 is 11.4. The van der Waals surface area contributed by atoms with E-state index >= 15 is 0 Å². The third-order valence-electron chi connectivity index (χ3n) is 3.83. The molecule has 1 heterocycles. The lowest BCUT2D eigenvalue weighted by atomic mass is 10.1. The number of rotatable bonds is 3. The summed E-state index contributed by atoms with van der Waals surface area (Å²) in [5.41, 5.74) is 1.83. The van der Waals surface area contributed by atoms with E-state index in [0.29, 0.717) is 15.6 Å². The zero-order valence-electron chi connectivity index (χ0n) is 13.1. The highest BCUT2D eigenvalue weighted by Crippen LogP contribution is 2.21. The molecule has 6 heteroatoms. The van der Waals surface area contributed by atoms with Crippen LogP contribution in [0.15, 0.2) is 71.8 Å². The van der Waals surface area contributed by atoms with Crippen LogP contribution in [0.3, 0.4) is 0 Å². The Balaban J connectivity index is 1.74. The van der Waals surface area contributed by atoms with Crippen molar-refractivity contribution < 1.29 is 0 Å². The molecule has 0 radical (unpaired) electrons. The van der Waals surface area contributed by atoms with Crippen molar-refractivity contribution in [3.8, 4) is 11.4 Å². The molecule has 1 N–H and O–H groups in total. The molecule has 0 aliphatic rings. The summed E-state index contributed by atoms with van der Waals surface area (Å²) in [5.74, 6) is 0.615. The molecule has 0 saturated heterocycles. The van der Waals surface area contributed by atoms with Gasteiger partial charge in [0.25, 0.3) is 0 Å². The summed E-state index contributed by atoms with van der Waals surface area (Å²) in [7, 11) is 0. The van der Waals surface area contributed by atoms with Crippen LogP contribution in [0.2, 0.25) is 5.02 Å². The second-order valence-electron chi connectivity index (χ2n) is 5.53. The predicted molar refractivity (Wildman–Crippen MR) is 105 cm³/mol. The van der Waals surface area contributed by atoms with Crippen LogP contribution in [0.4, 0.5) is 0 Å². The molecule has 0 aliphatic carbocycles. The van der Waals surface area contributed by atoms with Crippen LogP contribution in [-0.4, -0.2) is 21.1 Å². The standard InChI is InChI=1S/C19H13ClN4S/c20-17-7-3-6-16(11-17)18-22-23-19(25)24(18)21-12-13-8-9-14-4-1-2-5-15(14)10-13/h1-12H,(H,23,25)/b21-12-. The number of halogens is 1. The first-order valence-electron chi connectivity index (χ1n) is 7.67. The number of aromatic nitrogens is 3. The molecule has 4 rings (SSSR count). The fourth-order valence-electron chi connectivity index (χ4n) is 2.63. The Morgan fingerprint density at radius 2 is 1.84 bits per heavy atom. The first kappa shape index (κ1) is 15.7. The lowest BCUT2D eigenvalue weighted by Crippen LogP contribution is -1.95. The van der Waals surface area contributed by atoms with Crippen molar-refractivity contribution >= 4 is 40.8 Å². The Kier molecular flexibility index (Phi) is 4.17. The second kappa shape index (κ2) is 6.63. The van der Waals surface area contributed by atoms with Gasteiger partial charge in [0.15, 0.2) is 5.82 Å². The maximum absolute atomic E-state index is 6.07. The van der Waals surface area contributed by atoms with Crippen molar-refractivity contribution in [3.05, 3.63) is 82.1 Å². The monoisotopic (exact) mass is 364 g/mol. The molecule has 1 aromatic heterocycles. The lowest BCUT2D eigenvalue weighted by Gasteiger charge is -2.02. The second-order valence-corrected chi connectivity index (χ2v) is 6.35. The number of H-pyrrole nitrogens is 1. The van der Waals surface area contributed by atoms with Crippen molar-refractivity contribution in [1.82, 2.24) is 14.9 Å². The van der Waals surface area contributed by atoms with Gasteiger partial charge >= 0.3 is 0 Å². The average Bonchev–Trinajstić information content (AvgIpc) is 3.00. The van der Waals surface area contributed by atoms with Crippen molar-refractivity contribution in [1.29, 1.82) is 0 Å². The molecule has 0 unspecified atom stereocenters. The van der Waals surface area contributed by atoms with E-state index in [0.717, 1.165) is 16.5 Å². The maximum atomic E-state index is 6.07. The van der Waals surface area contributed by atoms with Gasteiger partial charge < -0.3 is 0 Å². The smallest absolute Gasteiger partial charge is 0.216 e. The predicted octanol–water partition coefficient (Wildman–Crippen LogP) is 5.30. The Morgan fingerprint density at radius 3 is 2.68 bits per heavy atom. The van der Waals surface area contributed by atoms with Crippen LogP contribution in [0.5, 0.6) is 0 Å². The zero-order chi connectivity index (χ0) is 17.2. The van der Waals surface area contributed by atoms with Crippen LogP contribution in [0.25, 0.3) is 22.2 Å². The number of hydrogen-bond donors (Lipinski definition) is 1. The molecule has 0 saturated carbocycles. The fraction of sp³-hybridized carbons (Fsp3) is 0. The van der Waals surface area contributed by atoms with Crippen molar-refractivity contribution in [2.45, 2.75) is 0 Å². The van der Waals surface area contributed by atoms with Gasteiger partial charge in [-0.25, -0.2) is 5.10 Å². The molecule has 4 nitrogen and oxygen atoms in total. The van der Waals surface area contributed by atoms with Gasteiger partial charge in [0.2, 0.25) is 4.77 Å². The van der Waals surface area contributed by atoms with E-state index in [-0.39, 0.29) is 0 Å². The zero-order valence-corrected chi connectivity index (χ0v) is 14.6. The van der Waals surface area contributed by atoms with Crippen LogP contribution in [-0.2, 0) is 0 Å². The Labute approximate surface area is 154 Å². The van der Waals surface area contributed by atoms with Gasteiger partial charge in [0.05, 0.1) is 6.21 Å². The molecule has 25 heavy (non-hydrogen) atoms. The highest BCUT2D eigenvalue weighted by Gasteiger charge is 2.08. The molecule has 122 valence electrons. The fourth-order valence-corrected chi connectivity index (χ4v) is 3.00. The molecule has 0 atom stereocenters. The quantitative estimate of drug-likeness (QED) is 0.396. The number of fused-ring (bicyclic) bond motifs is 1. The van der Waals surface area contributed by atoms with Gasteiger partial charge in [-0.3, -0.25) is 0 Å². The summed E-state index contributed by atoms with van der Waals surface area (Å²) in [6.07, 6.45) is 1.77. The van der Waals surface area contributed by atoms with Crippen molar-refractivity contribution in [2.75, 3.05) is 0 Å². The normalized spacial score (nSPS) is 11.4. The molecule has 4 aromatic rings. The number of hydrogen-bond acceptors (Lipinski definition) is 3. The minimum atomic E-state index is 0.423. The Hall–Kier alpha value is -2.76. The van der Waals surface area contributed by atoms with Gasteiger partial charge in [-0.1, -0.05) is 60.1 Å². The van der Waals surface area contributed by atoms with E-state index < -0.39 is 0 Å². The third-order valence-corrected chi connectivity index (χ3v) is 4.33. The Morgan fingerprint density at radius 1 is 1.00 bits per heavy atom. The minimum absolute atomic E-state index is 0.423. The van der Waals surface area contributed by atoms with Gasteiger partial charge in [-0.15, -0.1) is 0 Å². The van der Waals surface area contributed by atoms with E-state index in [9.17, 15) is 0 Å². The molecular formula is C19H13ClN4S. The number of aromatic amines is 1. The molecule has 0 fully saturated rings. The molecular weight excluding hydrogens is 352 g/mol. The van der Waals surface area contributed by atoms with E-state index in [1.807, 2.05) is 42.5 Å². The SMILES string of the molecule is S=c1[nH]nc(-c2cccc(Cl)c2)n1/N=C\c1ccc2ccccc2c1. The number of benzene rings is 3. The maximum Gasteiger partial charge on any atom is 0.216 e. The van der Waals surface area contributed by atoms with Crippen LogP contribution in [0.1, 0.15) is 5.56 Å². The van der Waals surface area contributed by atoms with Crippen molar-refractivity contribution in [2.24, 2.45) is 5.10 Å². The summed E-state index contributed by atoms with van der Waals surface area (Å²) in [5, 5.41) is 14.5. The highest BCUT2D eigenvalue weighted by atomic mass is 35.5.